The van der Waals surface area contributed by atoms with E-state index in [2.05, 4.69) is 22.2 Å². The number of rotatable bonds is 4. The number of carbonyl (C=O) groups excluding carboxylic acids is 1. The first-order valence-electron chi connectivity index (χ1n) is 8.81. The van der Waals surface area contributed by atoms with Crippen molar-refractivity contribution in [2.24, 2.45) is 17.3 Å². The highest BCUT2D eigenvalue weighted by Gasteiger charge is 2.59. The number of ether oxygens (including phenoxy) is 1. The molecule has 4 saturated carbocycles. The van der Waals surface area contributed by atoms with Gasteiger partial charge in [0, 0.05) is 18.4 Å². The first kappa shape index (κ1) is 15.8. The van der Waals surface area contributed by atoms with Crippen LogP contribution in [0.4, 0.5) is 0 Å². The van der Waals surface area contributed by atoms with E-state index in [-0.39, 0.29) is 23.4 Å². The Morgan fingerprint density at radius 1 is 1.29 bits per heavy atom. The molecule has 6 nitrogen and oxygen atoms in total. The molecule has 6 heteroatoms. The van der Waals surface area contributed by atoms with Crippen molar-refractivity contribution < 1.29 is 14.6 Å². The third kappa shape index (κ3) is 2.57. The van der Waals surface area contributed by atoms with E-state index < -0.39 is 5.60 Å². The molecule has 0 aliphatic heterocycles. The zero-order valence-corrected chi connectivity index (χ0v) is 14.3. The number of nitrogens with zero attached hydrogens (tertiary/aromatic N) is 2. The Bertz CT molecular complexity index is 631. The fourth-order valence-electron chi connectivity index (χ4n) is 5.76. The number of methoxy groups -OCH3 is 1. The second-order valence-electron chi connectivity index (χ2n) is 8.20. The molecular weight excluding hydrogens is 306 g/mol. The highest BCUT2D eigenvalue weighted by molar-refractivity contribution is 5.93. The second-order valence-corrected chi connectivity index (χ2v) is 8.20. The molecule has 1 aromatic rings. The summed E-state index contributed by atoms with van der Waals surface area (Å²) < 4.78 is 4.92. The minimum Gasteiger partial charge on any atom is -0.467 e. The summed E-state index contributed by atoms with van der Waals surface area (Å²) in [5.74, 6) is 1.06. The number of amides is 1. The summed E-state index contributed by atoms with van der Waals surface area (Å²) in [5.41, 5.74) is -0.0419. The van der Waals surface area contributed by atoms with Crippen molar-refractivity contribution >= 4 is 5.91 Å². The van der Waals surface area contributed by atoms with Crippen LogP contribution < -0.4 is 10.1 Å². The van der Waals surface area contributed by atoms with Gasteiger partial charge in [0.1, 0.15) is 0 Å². The maximum absolute atomic E-state index is 12.5. The molecule has 0 radical (unpaired) electrons. The third-order valence-corrected chi connectivity index (χ3v) is 6.41. The van der Waals surface area contributed by atoms with Gasteiger partial charge in [-0.15, -0.1) is 0 Å². The van der Waals surface area contributed by atoms with Crippen molar-refractivity contribution in [2.45, 2.75) is 57.1 Å². The molecule has 4 aliphatic carbocycles. The van der Waals surface area contributed by atoms with Gasteiger partial charge in [0.05, 0.1) is 18.3 Å². The van der Waals surface area contributed by atoms with Gasteiger partial charge in [0.25, 0.3) is 5.91 Å². The van der Waals surface area contributed by atoms with Gasteiger partial charge < -0.3 is 15.2 Å². The molecule has 1 heterocycles. The lowest BCUT2D eigenvalue weighted by molar-refractivity contribution is -0.171. The molecule has 5 rings (SSSR count). The fourth-order valence-corrected chi connectivity index (χ4v) is 5.76. The van der Waals surface area contributed by atoms with Crippen LogP contribution in [0, 0.1) is 17.3 Å². The van der Waals surface area contributed by atoms with Crippen LogP contribution in [0.3, 0.4) is 0 Å². The van der Waals surface area contributed by atoms with E-state index in [0.717, 1.165) is 32.1 Å². The van der Waals surface area contributed by atoms with E-state index in [1.54, 1.807) is 0 Å². The van der Waals surface area contributed by atoms with Gasteiger partial charge in [-0.1, -0.05) is 0 Å². The number of nitrogens with one attached hydrogen (secondary N) is 1. The highest BCUT2D eigenvalue weighted by atomic mass is 16.5. The largest absolute Gasteiger partial charge is 0.467 e. The maximum Gasteiger partial charge on any atom is 0.316 e. The lowest BCUT2D eigenvalue weighted by atomic mass is 9.46. The molecule has 4 unspecified atom stereocenters. The van der Waals surface area contributed by atoms with Gasteiger partial charge in [-0.25, -0.2) is 9.97 Å². The molecule has 2 N–H and O–H groups in total. The van der Waals surface area contributed by atoms with E-state index in [9.17, 15) is 9.90 Å². The molecule has 4 fully saturated rings. The molecule has 4 aliphatic rings. The summed E-state index contributed by atoms with van der Waals surface area (Å²) in [5, 5.41) is 14.0. The average Bonchev–Trinajstić information content (AvgIpc) is 2.52. The van der Waals surface area contributed by atoms with Crippen molar-refractivity contribution in [1.29, 1.82) is 0 Å². The Hall–Kier alpha value is -1.69. The first-order valence-corrected chi connectivity index (χ1v) is 8.81. The highest BCUT2D eigenvalue weighted by Crippen LogP contribution is 2.62. The number of hydrogen-bond acceptors (Lipinski definition) is 5. The Morgan fingerprint density at radius 3 is 2.46 bits per heavy atom. The van der Waals surface area contributed by atoms with Crippen LogP contribution >= 0.6 is 0 Å². The van der Waals surface area contributed by atoms with Crippen molar-refractivity contribution in [3.8, 4) is 6.01 Å². The van der Waals surface area contributed by atoms with Gasteiger partial charge in [0.15, 0.2) is 0 Å². The SMILES string of the molecule is COc1ncc(C(=O)NC(C)C23CC4C[C@H](CC(O)(C4)C2)C3)cn1. The summed E-state index contributed by atoms with van der Waals surface area (Å²) in [6.07, 6.45) is 9.15. The Morgan fingerprint density at radius 2 is 1.92 bits per heavy atom. The van der Waals surface area contributed by atoms with Gasteiger partial charge in [-0.3, -0.25) is 4.79 Å². The lowest BCUT2D eigenvalue weighted by Gasteiger charge is -2.62. The van der Waals surface area contributed by atoms with E-state index >= 15 is 0 Å². The lowest BCUT2D eigenvalue weighted by Crippen LogP contribution is -2.61. The quantitative estimate of drug-likeness (QED) is 0.881. The molecule has 5 atom stereocenters. The van der Waals surface area contributed by atoms with Crippen LogP contribution in [-0.2, 0) is 0 Å². The average molecular weight is 331 g/mol. The van der Waals surface area contributed by atoms with E-state index in [4.69, 9.17) is 4.74 Å². The second kappa shape index (κ2) is 5.41. The van der Waals surface area contributed by atoms with Gasteiger partial charge in [-0.05, 0) is 62.7 Å². The fraction of sp³-hybridized carbons (Fsp3) is 0.722. The molecule has 1 aromatic heterocycles. The summed E-state index contributed by atoms with van der Waals surface area (Å²) >= 11 is 0. The monoisotopic (exact) mass is 331 g/mol. The van der Waals surface area contributed by atoms with Crippen LogP contribution in [0.1, 0.15) is 55.8 Å². The molecule has 24 heavy (non-hydrogen) atoms. The number of aromatic nitrogens is 2. The molecule has 0 spiro atoms. The van der Waals surface area contributed by atoms with Crippen LogP contribution in [0.2, 0.25) is 0 Å². The van der Waals surface area contributed by atoms with E-state index in [0.29, 0.717) is 17.4 Å². The Labute approximate surface area is 142 Å². The summed E-state index contributed by atoms with van der Waals surface area (Å²) in [6.45, 7) is 2.08. The number of hydrogen-bond donors (Lipinski definition) is 2. The van der Waals surface area contributed by atoms with Crippen molar-refractivity contribution in [3.05, 3.63) is 18.0 Å². The maximum atomic E-state index is 12.5. The van der Waals surface area contributed by atoms with Crippen molar-refractivity contribution in [1.82, 2.24) is 15.3 Å². The predicted molar refractivity (Wildman–Crippen MR) is 87.6 cm³/mol. The van der Waals surface area contributed by atoms with Crippen molar-refractivity contribution in [2.75, 3.05) is 7.11 Å². The van der Waals surface area contributed by atoms with Crippen LogP contribution in [0.5, 0.6) is 6.01 Å². The predicted octanol–water partition coefficient (Wildman–Crippen LogP) is 1.93. The van der Waals surface area contributed by atoms with Crippen LogP contribution in [-0.4, -0.2) is 39.7 Å². The topological polar surface area (TPSA) is 84.3 Å². The normalized spacial score (nSPS) is 38.0. The summed E-state index contributed by atoms with van der Waals surface area (Å²) in [6, 6.07) is 0.285. The summed E-state index contributed by atoms with van der Waals surface area (Å²) in [4.78, 5) is 20.5. The molecule has 1 amide bonds. The first-order chi connectivity index (χ1) is 11.4. The molecule has 4 bridgehead atoms. The zero-order chi connectivity index (χ0) is 16.9. The minimum atomic E-state index is -0.508. The van der Waals surface area contributed by atoms with E-state index in [1.807, 2.05) is 0 Å². The standard InChI is InChI=1S/C18H25N3O3/c1-11(21-15(22)14-8-19-16(24-2)20-9-14)17-4-12-3-13(5-17)7-18(23,6-12)10-17/h8-9,11-13,23H,3-7,10H2,1-2H3,(H,21,22)/t11?,12-,13?,17?,18?/m0/s1. The molecular formula is C18H25N3O3. The zero-order valence-electron chi connectivity index (χ0n) is 14.3. The van der Waals surface area contributed by atoms with E-state index in [1.165, 1.54) is 25.9 Å². The van der Waals surface area contributed by atoms with Gasteiger partial charge >= 0.3 is 6.01 Å². The van der Waals surface area contributed by atoms with Crippen molar-refractivity contribution in [3.63, 3.8) is 0 Å². The minimum absolute atomic E-state index is 0.0296. The van der Waals surface area contributed by atoms with Gasteiger partial charge in [0.2, 0.25) is 0 Å². The number of aliphatic hydroxyl groups is 1. The summed E-state index contributed by atoms with van der Waals surface area (Å²) in [7, 11) is 1.49. The molecule has 130 valence electrons. The third-order valence-electron chi connectivity index (χ3n) is 6.41. The van der Waals surface area contributed by atoms with Gasteiger partial charge in [-0.2, -0.15) is 0 Å². The Kier molecular flexibility index (Phi) is 3.56. The Balaban J connectivity index is 1.49. The van der Waals surface area contributed by atoms with Crippen LogP contribution in [0.25, 0.3) is 0 Å². The van der Waals surface area contributed by atoms with Crippen LogP contribution in [0.15, 0.2) is 12.4 Å². The molecule has 0 aromatic carbocycles. The molecule has 0 saturated heterocycles. The number of carbonyl (C=O) groups is 1. The smallest absolute Gasteiger partial charge is 0.316 e.